The fourth-order valence-electron chi connectivity index (χ4n) is 7.62. The zero-order valence-electron chi connectivity index (χ0n) is 31.9. The molecule has 0 saturated heterocycles. The van der Waals surface area contributed by atoms with Gasteiger partial charge in [-0.1, -0.05) is 138 Å². The summed E-state index contributed by atoms with van der Waals surface area (Å²) in [7, 11) is -1.36. The smallest absolute Gasteiger partial charge is 0.0798 e. The Morgan fingerprint density at radius 1 is 0.774 bits per heavy atom. The van der Waals surface area contributed by atoms with E-state index in [1.165, 1.54) is 75.4 Å². The predicted octanol–water partition coefficient (Wildman–Crippen LogP) is 13.1. The second-order valence-electron chi connectivity index (χ2n) is 16.4. The van der Waals surface area contributed by atoms with E-state index in [0.29, 0.717) is 0 Å². The average molecular weight is 907 g/mol. The van der Waals surface area contributed by atoms with Crippen molar-refractivity contribution in [1.29, 1.82) is 0 Å². The Hall–Kier alpha value is -3.73. The minimum Gasteiger partial charge on any atom is -0.305 e. The Balaban J connectivity index is 0.000000183. The molecule has 4 aromatic carbocycles. The second-order valence-corrected chi connectivity index (χ2v) is 22.5. The van der Waals surface area contributed by atoms with Crippen molar-refractivity contribution in [3.63, 3.8) is 0 Å². The Labute approximate surface area is 335 Å². The Bertz CT molecular complexity index is 2280. The van der Waals surface area contributed by atoms with Gasteiger partial charge in [-0.05, 0) is 73.2 Å². The minimum atomic E-state index is -1.36. The summed E-state index contributed by atoms with van der Waals surface area (Å²) in [5, 5.41) is 4.14. The minimum absolute atomic E-state index is 0. The monoisotopic (exact) mass is 907 g/mol. The van der Waals surface area contributed by atoms with Gasteiger partial charge in [0.25, 0.3) is 0 Å². The van der Waals surface area contributed by atoms with Gasteiger partial charge in [0.2, 0.25) is 0 Å². The zero-order valence-corrected chi connectivity index (χ0v) is 36.1. The summed E-state index contributed by atoms with van der Waals surface area (Å²) in [5.41, 5.74) is 9.74. The van der Waals surface area contributed by atoms with Gasteiger partial charge < -0.3 is 9.97 Å². The van der Waals surface area contributed by atoms with Gasteiger partial charge >= 0.3 is 0 Å². The third-order valence-corrected chi connectivity index (χ3v) is 13.7. The third-order valence-electron chi connectivity index (χ3n) is 10.4. The summed E-state index contributed by atoms with van der Waals surface area (Å²) in [6.45, 7) is 14.0. The molecule has 0 atom stereocenters. The van der Waals surface area contributed by atoms with Crippen molar-refractivity contribution in [3.05, 3.63) is 139 Å². The molecule has 1 radical (unpaired) electrons. The van der Waals surface area contributed by atoms with E-state index in [-0.39, 0.29) is 25.5 Å². The number of nitrogens with zero attached hydrogens (tertiary/aromatic N) is 2. The maximum atomic E-state index is 4.77. The van der Waals surface area contributed by atoms with Crippen LogP contribution >= 0.6 is 11.3 Å². The van der Waals surface area contributed by atoms with Gasteiger partial charge in [-0.3, -0.25) is 0 Å². The van der Waals surface area contributed by atoms with Crippen molar-refractivity contribution in [2.24, 2.45) is 5.92 Å². The summed E-state index contributed by atoms with van der Waals surface area (Å²) >= 11 is 1.83. The maximum Gasteiger partial charge on any atom is 0.0798 e. The van der Waals surface area contributed by atoms with Crippen molar-refractivity contribution in [3.8, 4) is 33.6 Å². The van der Waals surface area contributed by atoms with E-state index in [4.69, 9.17) is 9.97 Å². The molecule has 0 unspecified atom stereocenters. The summed E-state index contributed by atoms with van der Waals surface area (Å²) in [4.78, 5) is 9.47. The molecule has 3 aromatic heterocycles. The molecule has 1 aliphatic carbocycles. The zero-order chi connectivity index (χ0) is 36.3. The van der Waals surface area contributed by atoms with Gasteiger partial charge in [-0.15, -0.1) is 59.7 Å². The van der Waals surface area contributed by atoms with Gasteiger partial charge in [0.15, 0.2) is 0 Å². The molecule has 0 bridgehead atoms. The molecule has 7 aromatic rings. The number of fused-ring (bicyclic) bond motifs is 3. The van der Waals surface area contributed by atoms with Crippen LogP contribution in [0.25, 0.3) is 53.8 Å². The van der Waals surface area contributed by atoms with Gasteiger partial charge in [0.1, 0.15) is 0 Å². The summed E-state index contributed by atoms with van der Waals surface area (Å²) in [6.07, 6.45) is 12.4. The van der Waals surface area contributed by atoms with E-state index in [2.05, 4.69) is 144 Å². The first-order valence-electron chi connectivity index (χ1n) is 18.9. The molecule has 1 fully saturated rings. The summed E-state index contributed by atoms with van der Waals surface area (Å²) < 4.78 is 2.55. The molecule has 0 aliphatic heterocycles. The summed E-state index contributed by atoms with van der Waals surface area (Å²) in [5.74, 6) is 0.869. The van der Waals surface area contributed by atoms with Crippen LogP contribution in [-0.2, 0) is 31.9 Å². The van der Waals surface area contributed by atoms with Gasteiger partial charge in [-0.25, -0.2) is 0 Å². The van der Waals surface area contributed by atoms with Gasteiger partial charge in [0.05, 0.1) is 8.07 Å². The molecule has 273 valence electrons. The normalized spacial score (nSPS) is 13.7. The molecular weight excluding hydrogens is 857 g/mol. The topological polar surface area (TPSA) is 25.8 Å². The number of pyridine rings is 2. The standard InChI is InChI=1S/C27H22NS.C21H28NSi.Ir/c1-27(2,3)19-15-16-28-23(17-19)21-12-7-13-22-25-20(18-9-5-4-6-10-18)11-8-14-24(25)29-26(21)22;1-23(2,3)21-16-22-20(18-12-8-5-9-13-18)15-19(21)14-17-10-6-4-7-11-17;/h4-11,13-17H,1-3H3;5,8-9,12,15-17H,4,6-7,10-11,14H2,1-3H3;/q2*-1;. The van der Waals surface area contributed by atoms with Crippen LogP contribution in [0.5, 0.6) is 0 Å². The first-order valence-corrected chi connectivity index (χ1v) is 23.2. The van der Waals surface area contributed by atoms with Crippen LogP contribution < -0.4 is 5.19 Å². The molecule has 53 heavy (non-hydrogen) atoms. The molecule has 2 nitrogen and oxygen atoms in total. The van der Waals surface area contributed by atoms with E-state index < -0.39 is 8.07 Å². The number of benzene rings is 4. The molecule has 1 aliphatic rings. The number of hydrogen-bond donors (Lipinski definition) is 0. The second kappa shape index (κ2) is 16.7. The molecule has 5 heteroatoms. The number of rotatable bonds is 6. The van der Waals surface area contributed by atoms with Crippen LogP contribution in [0.1, 0.15) is 64.0 Å². The van der Waals surface area contributed by atoms with Crippen molar-refractivity contribution >= 4 is 44.8 Å². The van der Waals surface area contributed by atoms with E-state index in [1.807, 2.05) is 35.7 Å². The van der Waals surface area contributed by atoms with Crippen molar-refractivity contribution in [1.82, 2.24) is 9.97 Å². The largest absolute Gasteiger partial charge is 0.305 e. The number of hydrogen-bond acceptors (Lipinski definition) is 3. The SMILES string of the molecule is CC(C)(C)c1ccnc(-c2[c-]ccc3c2sc2cccc(-c4ccccc4)c23)c1.C[Si](C)(C)c1cnc(-c2[c-]cccc2)cc1CC1CCCCC1.[Ir]. The number of aromatic nitrogens is 2. The maximum absolute atomic E-state index is 4.77. The van der Waals surface area contributed by atoms with E-state index in [9.17, 15) is 0 Å². The molecule has 3 heterocycles. The Kier molecular flexibility index (Phi) is 12.3. The molecule has 0 N–H and O–H groups in total. The number of thiophene rings is 1. The Morgan fingerprint density at radius 3 is 2.26 bits per heavy atom. The van der Waals surface area contributed by atoms with Crippen molar-refractivity contribution in [2.75, 3.05) is 0 Å². The van der Waals surface area contributed by atoms with Crippen molar-refractivity contribution < 1.29 is 20.1 Å². The van der Waals surface area contributed by atoms with Crippen LogP contribution in [0, 0.1) is 18.1 Å². The predicted molar refractivity (Wildman–Crippen MR) is 227 cm³/mol. The fraction of sp³-hybridized carbons (Fsp3) is 0.292. The van der Waals surface area contributed by atoms with Crippen LogP contribution in [-0.4, -0.2) is 18.0 Å². The van der Waals surface area contributed by atoms with E-state index in [1.54, 1.807) is 10.8 Å². The molecule has 0 amide bonds. The quantitative estimate of drug-likeness (QED) is 0.123. The molecule has 0 spiro atoms. The fourth-order valence-corrected chi connectivity index (χ4v) is 10.4. The molecular formula is C48H50IrN2SSi-2. The molecule has 8 rings (SSSR count). The van der Waals surface area contributed by atoms with Crippen LogP contribution in [0.15, 0.2) is 116 Å². The Morgan fingerprint density at radius 2 is 1.55 bits per heavy atom. The third kappa shape index (κ3) is 8.98. The summed E-state index contributed by atoms with van der Waals surface area (Å²) in [6, 6.07) is 43.1. The first kappa shape index (κ1) is 39.0. The van der Waals surface area contributed by atoms with E-state index in [0.717, 1.165) is 28.4 Å². The van der Waals surface area contributed by atoms with Crippen LogP contribution in [0.3, 0.4) is 0 Å². The van der Waals surface area contributed by atoms with Gasteiger partial charge in [-0.2, -0.15) is 11.3 Å². The van der Waals surface area contributed by atoms with Gasteiger partial charge in [0, 0.05) is 37.2 Å². The molecule has 1 saturated carbocycles. The van der Waals surface area contributed by atoms with E-state index >= 15 is 0 Å². The van der Waals surface area contributed by atoms with Crippen LogP contribution in [0.2, 0.25) is 19.6 Å². The first-order chi connectivity index (χ1) is 25.1. The van der Waals surface area contributed by atoms with Crippen LogP contribution in [0.4, 0.5) is 0 Å². The average Bonchev–Trinajstić information content (AvgIpc) is 3.55. The van der Waals surface area contributed by atoms with Crippen molar-refractivity contribution in [2.45, 2.75) is 84.4 Å².